The van der Waals surface area contributed by atoms with E-state index < -0.39 is 6.04 Å². The van der Waals surface area contributed by atoms with Crippen molar-refractivity contribution in [2.24, 2.45) is 4.99 Å². The maximum atomic E-state index is 12.8. The maximum absolute atomic E-state index is 12.8. The summed E-state index contributed by atoms with van der Waals surface area (Å²) in [5.41, 5.74) is 1.80. The maximum Gasteiger partial charge on any atom is 0.320 e. The van der Waals surface area contributed by atoms with Crippen molar-refractivity contribution in [3.63, 3.8) is 0 Å². The lowest BCUT2D eigenvalue weighted by Gasteiger charge is -2.33. The van der Waals surface area contributed by atoms with E-state index in [0.29, 0.717) is 64.8 Å². The Morgan fingerprint density at radius 1 is 1.18 bits per heavy atom. The second-order valence-corrected chi connectivity index (χ2v) is 8.44. The lowest BCUT2D eigenvalue weighted by atomic mass is 9.99. The van der Waals surface area contributed by atoms with Crippen molar-refractivity contribution in [1.82, 2.24) is 24.7 Å². The highest BCUT2D eigenvalue weighted by Gasteiger charge is 2.35. The van der Waals surface area contributed by atoms with E-state index in [9.17, 15) is 14.9 Å². The molecule has 0 N–H and O–H groups in total. The van der Waals surface area contributed by atoms with E-state index in [2.05, 4.69) is 15.0 Å². The number of aromatic nitrogens is 2. The molecule has 33 heavy (non-hydrogen) atoms. The molecular formula is C22H25N7O4. The van der Waals surface area contributed by atoms with Gasteiger partial charge in [0, 0.05) is 63.5 Å². The van der Waals surface area contributed by atoms with Crippen LogP contribution in [-0.2, 0) is 22.5 Å². The molecule has 2 atom stereocenters. The first-order valence-electron chi connectivity index (χ1n) is 11.2. The largest absolute Gasteiger partial charge is 0.472 e. The van der Waals surface area contributed by atoms with Gasteiger partial charge in [0.15, 0.2) is 5.78 Å². The molecule has 0 spiro atoms. The van der Waals surface area contributed by atoms with Gasteiger partial charge < -0.3 is 19.3 Å². The SMILES string of the molecule is N#CC1=CN=CC(N2CCc3ncnc(OC4CCN(C(=O)N5CCOCC5)C4)c3C2)C1=O. The highest BCUT2D eigenvalue weighted by atomic mass is 16.5. The van der Waals surface area contributed by atoms with Crippen LogP contribution >= 0.6 is 0 Å². The molecule has 0 aromatic carbocycles. The predicted octanol–water partition coefficient (Wildman–Crippen LogP) is 0.170. The molecule has 2 saturated heterocycles. The number of hydrogen-bond acceptors (Lipinski definition) is 9. The topological polar surface area (TPSA) is 124 Å². The van der Waals surface area contributed by atoms with E-state index in [1.807, 2.05) is 20.8 Å². The van der Waals surface area contributed by atoms with Gasteiger partial charge in [0.2, 0.25) is 5.88 Å². The average molecular weight is 451 g/mol. The zero-order chi connectivity index (χ0) is 22.8. The predicted molar refractivity (Wildman–Crippen MR) is 116 cm³/mol. The lowest BCUT2D eigenvalue weighted by molar-refractivity contribution is -0.118. The van der Waals surface area contributed by atoms with Gasteiger partial charge in [-0.25, -0.2) is 14.8 Å². The normalized spacial score (nSPS) is 25.4. The van der Waals surface area contributed by atoms with Crippen LogP contribution < -0.4 is 4.74 Å². The number of urea groups is 1. The van der Waals surface area contributed by atoms with E-state index in [-0.39, 0.29) is 23.5 Å². The number of morpholine rings is 1. The molecule has 4 aliphatic heterocycles. The second kappa shape index (κ2) is 9.25. The molecule has 5 rings (SSSR count). The number of ether oxygens (including phenoxy) is 2. The molecule has 1 aromatic heterocycles. The number of hydrogen-bond donors (Lipinski definition) is 0. The molecule has 1 aromatic rings. The van der Waals surface area contributed by atoms with Crippen LogP contribution in [0, 0.1) is 11.3 Å². The van der Waals surface area contributed by atoms with E-state index in [1.165, 1.54) is 12.5 Å². The summed E-state index contributed by atoms with van der Waals surface area (Å²) in [6, 6.07) is 1.36. The van der Waals surface area contributed by atoms with Gasteiger partial charge in [0.25, 0.3) is 0 Å². The highest BCUT2D eigenvalue weighted by Crippen LogP contribution is 2.29. The van der Waals surface area contributed by atoms with Gasteiger partial charge in [-0.05, 0) is 0 Å². The summed E-state index contributed by atoms with van der Waals surface area (Å²) in [5.74, 6) is 0.245. The summed E-state index contributed by atoms with van der Waals surface area (Å²) in [6.07, 6.45) is 5.59. The zero-order valence-electron chi connectivity index (χ0n) is 18.2. The van der Waals surface area contributed by atoms with Gasteiger partial charge in [-0.2, -0.15) is 5.26 Å². The molecule has 11 heteroatoms. The quantitative estimate of drug-likeness (QED) is 0.637. The number of aliphatic imine (C=N–C) groups is 1. The Morgan fingerprint density at radius 2 is 2.03 bits per heavy atom. The smallest absolute Gasteiger partial charge is 0.320 e. The van der Waals surface area contributed by atoms with E-state index in [1.54, 1.807) is 6.21 Å². The van der Waals surface area contributed by atoms with Crippen molar-refractivity contribution in [2.45, 2.75) is 31.5 Å². The van der Waals surface area contributed by atoms with Crippen LogP contribution in [0.15, 0.2) is 23.1 Å². The first kappa shape index (κ1) is 21.5. The van der Waals surface area contributed by atoms with Crippen molar-refractivity contribution in [2.75, 3.05) is 45.9 Å². The fourth-order valence-electron chi connectivity index (χ4n) is 4.62. The first-order valence-corrected chi connectivity index (χ1v) is 11.2. The van der Waals surface area contributed by atoms with Gasteiger partial charge in [0.05, 0.1) is 25.5 Å². The van der Waals surface area contributed by atoms with Gasteiger partial charge in [0.1, 0.15) is 30.1 Å². The van der Waals surface area contributed by atoms with Gasteiger partial charge >= 0.3 is 6.03 Å². The fourth-order valence-corrected chi connectivity index (χ4v) is 4.62. The van der Waals surface area contributed by atoms with Gasteiger partial charge in [-0.15, -0.1) is 0 Å². The summed E-state index contributed by atoms with van der Waals surface area (Å²) in [7, 11) is 0. The number of carbonyl (C=O) groups is 2. The molecule has 2 unspecified atom stereocenters. The van der Waals surface area contributed by atoms with Crippen LogP contribution in [0.2, 0.25) is 0 Å². The molecule has 11 nitrogen and oxygen atoms in total. The lowest BCUT2D eigenvalue weighted by Crippen LogP contribution is -2.47. The number of fused-ring (bicyclic) bond motifs is 1. The van der Waals surface area contributed by atoms with Crippen molar-refractivity contribution < 1.29 is 19.1 Å². The first-order chi connectivity index (χ1) is 16.1. The molecule has 4 aliphatic rings. The van der Waals surface area contributed by atoms with E-state index in [0.717, 1.165) is 17.7 Å². The Morgan fingerprint density at radius 3 is 2.85 bits per heavy atom. The van der Waals surface area contributed by atoms with Crippen LogP contribution in [0.25, 0.3) is 0 Å². The second-order valence-electron chi connectivity index (χ2n) is 8.44. The Hall–Kier alpha value is -3.36. The number of nitriles is 1. The van der Waals surface area contributed by atoms with Crippen molar-refractivity contribution in [3.05, 3.63) is 29.4 Å². The molecule has 0 aliphatic carbocycles. The molecular weight excluding hydrogens is 426 g/mol. The molecule has 2 fully saturated rings. The minimum absolute atomic E-state index is 0.0248. The Bertz CT molecular complexity index is 1040. The van der Waals surface area contributed by atoms with Crippen molar-refractivity contribution >= 4 is 18.0 Å². The summed E-state index contributed by atoms with van der Waals surface area (Å²) in [5, 5.41) is 9.17. The minimum atomic E-state index is -0.584. The monoisotopic (exact) mass is 451 g/mol. The zero-order valence-corrected chi connectivity index (χ0v) is 18.2. The number of amides is 2. The molecule has 5 heterocycles. The molecule has 172 valence electrons. The van der Waals surface area contributed by atoms with Crippen LogP contribution in [0.3, 0.4) is 0 Å². The summed E-state index contributed by atoms with van der Waals surface area (Å²) < 4.78 is 11.6. The minimum Gasteiger partial charge on any atom is -0.472 e. The molecule has 0 radical (unpaired) electrons. The number of nitrogens with zero attached hydrogens (tertiary/aromatic N) is 7. The highest BCUT2D eigenvalue weighted by molar-refractivity contribution is 6.12. The third-order valence-corrected chi connectivity index (χ3v) is 6.45. The van der Waals surface area contributed by atoms with E-state index in [4.69, 9.17) is 9.47 Å². The molecule has 0 bridgehead atoms. The average Bonchev–Trinajstić information content (AvgIpc) is 3.33. The van der Waals surface area contributed by atoms with Crippen LogP contribution in [0.4, 0.5) is 4.79 Å². The van der Waals surface area contributed by atoms with Crippen LogP contribution in [0.1, 0.15) is 17.7 Å². The fraction of sp³-hybridized carbons (Fsp3) is 0.545. The number of carbonyl (C=O) groups excluding carboxylic acids is 2. The van der Waals surface area contributed by atoms with Crippen molar-refractivity contribution in [1.29, 1.82) is 5.26 Å². The number of Topliss-reactive ketones (excluding diaryl/α,β-unsaturated/α-hetero) is 1. The third kappa shape index (κ3) is 4.31. The van der Waals surface area contributed by atoms with Gasteiger partial charge in [-0.3, -0.25) is 14.7 Å². The number of likely N-dealkylation sites (tertiary alicyclic amines) is 1. The van der Waals surface area contributed by atoms with Crippen LogP contribution in [-0.4, -0.2) is 101 Å². The molecule has 0 saturated carbocycles. The van der Waals surface area contributed by atoms with Crippen LogP contribution in [0.5, 0.6) is 5.88 Å². The Balaban J connectivity index is 1.26. The Labute approximate surface area is 191 Å². The number of rotatable bonds is 3. The number of ketones is 1. The standard InChI is InChI=1S/C22H25N7O4/c23-9-15-10-24-11-19(20(15)30)28-4-2-18-17(13-28)21(26-14-25-18)33-16-1-3-29(12-16)22(31)27-5-7-32-8-6-27/h10-11,14,16,19H,1-8,12-13H2. The summed E-state index contributed by atoms with van der Waals surface area (Å²) in [6.45, 7) is 4.56. The molecule has 2 amide bonds. The Kier molecular flexibility index (Phi) is 6.02. The van der Waals surface area contributed by atoms with Crippen molar-refractivity contribution in [3.8, 4) is 11.9 Å². The summed E-state index contributed by atoms with van der Waals surface area (Å²) >= 11 is 0. The summed E-state index contributed by atoms with van der Waals surface area (Å²) in [4.78, 5) is 43.9. The van der Waals surface area contributed by atoms with E-state index >= 15 is 0 Å². The third-order valence-electron chi connectivity index (χ3n) is 6.45. The van der Waals surface area contributed by atoms with Gasteiger partial charge in [-0.1, -0.05) is 0 Å².